The monoisotopic (exact) mass is 169 g/mol. The first-order valence-electron chi connectivity index (χ1n) is 4.78. The number of likely N-dealkylation sites (N-methyl/N-ethyl adjacent to an activating group) is 1. The zero-order valence-electron chi connectivity index (χ0n) is 7.94. The van der Waals surface area contributed by atoms with E-state index < -0.39 is 0 Å². The maximum absolute atomic E-state index is 5.48. The summed E-state index contributed by atoms with van der Waals surface area (Å²) in [7, 11) is 0. The third-order valence-corrected chi connectivity index (χ3v) is 1.98. The summed E-state index contributed by atoms with van der Waals surface area (Å²) in [6.45, 7) is 9.57. The smallest absolute Gasteiger partial charge is 0.0686 e. The van der Waals surface area contributed by atoms with Crippen molar-refractivity contribution in [2.24, 2.45) is 5.92 Å². The predicted molar refractivity (Wildman–Crippen MR) is 51.2 cm³/mol. The van der Waals surface area contributed by atoms with Gasteiger partial charge in [0.1, 0.15) is 0 Å². The van der Waals surface area contributed by atoms with Gasteiger partial charge in [-0.3, -0.25) is 0 Å². The standard InChI is InChI=1S/C10H19NO/c1-3-11-6-9(2)7-12-8-10-4-5-10/h10-11H,2-8H2,1H3. The van der Waals surface area contributed by atoms with Crippen LogP contribution in [0.15, 0.2) is 12.2 Å². The Morgan fingerprint density at radius 1 is 1.58 bits per heavy atom. The fourth-order valence-corrected chi connectivity index (χ4v) is 1.01. The van der Waals surface area contributed by atoms with Gasteiger partial charge in [0.15, 0.2) is 0 Å². The normalized spacial score (nSPS) is 16.4. The molecule has 0 atom stereocenters. The first-order valence-corrected chi connectivity index (χ1v) is 4.78. The minimum atomic E-state index is 0.726. The molecule has 1 aliphatic carbocycles. The molecule has 1 rings (SSSR count). The fourth-order valence-electron chi connectivity index (χ4n) is 1.01. The van der Waals surface area contributed by atoms with Crippen molar-refractivity contribution < 1.29 is 4.74 Å². The lowest BCUT2D eigenvalue weighted by molar-refractivity contribution is 0.144. The van der Waals surface area contributed by atoms with Crippen LogP contribution in [-0.2, 0) is 4.74 Å². The number of hydrogen-bond acceptors (Lipinski definition) is 2. The van der Waals surface area contributed by atoms with Gasteiger partial charge in [-0.05, 0) is 30.9 Å². The minimum Gasteiger partial charge on any atom is -0.377 e. The first kappa shape index (κ1) is 9.75. The van der Waals surface area contributed by atoms with Gasteiger partial charge in [-0.1, -0.05) is 13.5 Å². The number of hydrogen-bond donors (Lipinski definition) is 1. The maximum atomic E-state index is 5.48. The van der Waals surface area contributed by atoms with Crippen LogP contribution in [0.4, 0.5) is 0 Å². The molecule has 0 spiro atoms. The van der Waals surface area contributed by atoms with Crippen LogP contribution in [0.3, 0.4) is 0 Å². The van der Waals surface area contributed by atoms with E-state index in [0.717, 1.165) is 37.8 Å². The Morgan fingerprint density at radius 3 is 2.92 bits per heavy atom. The van der Waals surface area contributed by atoms with E-state index in [9.17, 15) is 0 Å². The average molecular weight is 169 g/mol. The molecule has 2 heteroatoms. The lowest BCUT2D eigenvalue weighted by Gasteiger charge is -2.06. The van der Waals surface area contributed by atoms with Crippen LogP contribution in [0, 0.1) is 5.92 Å². The summed E-state index contributed by atoms with van der Waals surface area (Å²) in [5, 5.41) is 3.22. The summed E-state index contributed by atoms with van der Waals surface area (Å²) in [5.74, 6) is 0.858. The second-order valence-electron chi connectivity index (χ2n) is 3.49. The van der Waals surface area contributed by atoms with Gasteiger partial charge in [0.2, 0.25) is 0 Å². The Kier molecular flexibility index (Phi) is 4.33. The van der Waals surface area contributed by atoms with E-state index in [1.165, 1.54) is 12.8 Å². The van der Waals surface area contributed by atoms with Crippen molar-refractivity contribution in [3.05, 3.63) is 12.2 Å². The van der Waals surface area contributed by atoms with E-state index in [0.29, 0.717) is 0 Å². The van der Waals surface area contributed by atoms with Gasteiger partial charge in [0.25, 0.3) is 0 Å². The maximum Gasteiger partial charge on any atom is 0.0686 e. The Hall–Kier alpha value is -0.340. The van der Waals surface area contributed by atoms with Crippen LogP contribution in [0.1, 0.15) is 19.8 Å². The highest BCUT2D eigenvalue weighted by molar-refractivity contribution is 4.96. The topological polar surface area (TPSA) is 21.3 Å². The molecule has 0 radical (unpaired) electrons. The molecule has 1 fully saturated rings. The summed E-state index contributed by atoms with van der Waals surface area (Å²) in [6, 6.07) is 0. The second-order valence-corrected chi connectivity index (χ2v) is 3.49. The Morgan fingerprint density at radius 2 is 2.33 bits per heavy atom. The van der Waals surface area contributed by atoms with Crippen LogP contribution in [0.5, 0.6) is 0 Å². The van der Waals surface area contributed by atoms with Crippen LogP contribution in [-0.4, -0.2) is 26.3 Å². The summed E-state index contributed by atoms with van der Waals surface area (Å²) in [5.41, 5.74) is 1.15. The van der Waals surface area contributed by atoms with Gasteiger partial charge >= 0.3 is 0 Å². The molecule has 70 valence electrons. The summed E-state index contributed by atoms with van der Waals surface area (Å²) >= 11 is 0. The average Bonchev–Trinajstić information content (AvgIpc) is 2.84. The quantitative estimate of drug-likeness (QED) is 0.584. The third kappa shape index (κ3) is 4.52. The van der Waals surface area contributed by atoms with Crippen molar-refractivity contribution in [3.63, 3.8) is 0 Å². The molecular formula is C10H19NO. The molecule has 1 N–H and O–H groups in total. The molecule has 0 heterocycles. The third-order valence-electron chi connectivity index (χ3n) is 1.98. The molecule has 2 nitrogen and oxygen atoms in total. The van der Waals surface area contributed by atoms with E-state index in [-0.39, 0.29) is 0 Å². The van der Waals surface area contributed by atoms with Crippen molar-refractivity contribution >= 4 is 0 Å². The highest BCUT2D eigenvalue weighted by atomic mass is 16.5. The Labute approximate surface area is 75.0 Å². The molecule has 0 aromatic heterocycles. The van der Waals surface area contributed by atoms with Gasteiger partial charge in [0.05, 0.1) is 6.61 Å². The summed E-state index contributed by atoms with van der Waals surface area (Å²) in [6.07, 6.45) is 2.72. The molecule has 1 saturated carbocycles. The molecular weight excluding hydrogens is 150 g/mol. The Balaban J connectivity index is 1.86. The highest BCUT2D eigenvalue weighted by Gasteiger charge is 2.20. The van der Waals surface area contributed by atoms with Gasteiger partial charge in [0, 0.05) is 13.2 Å². The van der Waals surface area contributed by atoms with E-state index in [1.807, 2.05) is 0 Å². The largest absolute Gasteiger partial charge is 0.377 e. The number of nitrogens with one attached hydrogen (secondary N) is 1. The molecule has 0 aromatic carbocycles. The van der Waals surface area contributed by atoms with Crippen LogP contribution >= 0.6 is 0 Å². The zero-order valence-corrected chi connectivity index (χ0v) is 7.94. The van der Waals surface area contributed by atoms with Crippen molar-refractivity contribution in [1.82, 2.24) is 5.32 Å². The zero-order chi connectivity index (χ0) is 8.81. The lowest BCUT2D eigenvalue weighted by Crippen LogP contribution is -2.18. The van der Waals surface area contributed by atoms with E-state index in [4.69, 9.17) is 4.74 Å². The Bertz CT molecular complexity index is 141. The van der Waals surface area contributed by atoms with Gasteiger partial charge in [-0.2, -0.15) is 0 Å². The molecule has 0 aliphatic heterocycles. The van der Waals surface area contributed by atoms with Gasteiger partial charge in [-0.15, -0.1) is 0 Å². The van der Waals surface area contributed by atoms with Crippen LogP contribution < -0.4 is 5.32 Å². The van der Waals surface area contributed by atoms with E-state index in [1.54, 1.807) is 0 Å². The molecule has 12 heavy (non-hydrogen) atoms. The first-order chi connectivity index (χ1) is 5.83. The minimum absolute atomic E-state index is 0.726. The van der Waals surface area contributed by atoms with Crippen LogP contribution in [0.25, 0.3) is 0 Å². The predicted octanol–water partition coefficient (Wildman–Crippen LogP) is 1.58. The molecule has 0 bridgehead atoms. The fraction of sp³-hybridized carbons (Fsp3) is 0.800. The van der Waals surface area contributed by atoms with Gasteiger partial charge in [-0.25, -0.2) is 0 Å². The van der Waals surface area contributed by atoms with Gasteiger partial charge < -0.3 is 10.1 Å². The second kappa shape index (κ2) is 5.33. The van der Waals surface area contributed by atoms with E-state index in [2.05, 4.69) is 18.8 Å². The highest BCUT2D eigenvalue weighted by Crippen LogP contribution is 2.28. The van der Waals surface area contributed by atoms with E-state index >= 15 is 0 Å². The molecule has 0 amide bonds. The SMILES string of the molecule is C=C(CNCC)COCC1CC1. The lowest BCUT2D eigenvalue weighted by atomic mass is 10.3. The summed E-state index contributed by atoms with van der Waals surface area (Å²) < 4.78 is 5.48. The molecule has 0 saturated heterocycles. The van der Waals surface area contributed by atoms with Crippen molar-refractivity contribution in [1.29, 1.82) is 0 Å². The number of ether oxygens (including phenoxy) is 1. The molecule has 0 aromatic rings. The summed E-state index contributed by atoms with van der Waals surface area (Å²) in [4.78, 5) is 0. The van der Waals surface area contributed by atoms with Crippen molar-refractivity contribution in [3.8, 4) is 0 Å². The van der Waals surface area contributed by atoms with Crippen LogP contribution in [0.2, 0.25) is 0 Å². The molecule has 1 aliphatic rings. The van der Waals surface area contributed by atoms with Crippen molar-refractivity contribution in [2.45, 2.75) is 19.8 Å². The number of rotatable bonds is 7. The van der Waals surface area contributed by atoms with Crippen molar-refractivity contribution in [2.75, 3.05) is 26.3 Å². The molecule has 0 unspecified atom stereocenters.